The number of halogens is 1. The van der Waals surface area contributed by atoms with E-state index in [-0.39, 0.29) is 4.90 Å². The van der Waals surface area contributed by atoms with Crippen molar-refractivity contribution in [2.24, 2.45) is 0 Å². The number of aromatic nitrogens is 2. The van der Waals surface area contributed by atoms with Crippen LogP contribution < -0.4 is 4.74 Å². The van der Waals surface area contributed by atoms with E-state index < -0.39 is 9.05 Å². The van der Waals surface area contributed by atoms with E-state index in [9.17, 15) is 8.42 Å². The summed E-state index contributed by atoms with van der Waals surface area (Å²) in [5.74, 6) is 0.802. The van der Waals surface area contributed by atoms with Gasteiger partial charge in [-0.3, -0.25) is 0 Å². The molecule has 2 heterocycles. The quantitative estimate of drug-likeness (QED) is 0.687. The van der Waals surface area contributed by atoms with Gasteiger partial charge in [-0.2, -0.15) is 0 Å². The lowest BCUT2D eigenvalue weighted by Crippen LogP contribution is -2.00. The molecule has 0 radical (unpaired) electrons. The lowest BCUT2D eigenvalue weighted by atomic mass is 10.2. The first-order valence-corrected chi connectivity index (χ1v) is 8.81. The number of hydrogen-bond donors (Lipinski definition) is 0. The molecule has 5 nitrogen and oxygen atoms in total. The lowest BCUT2D eigenvalue weighted by Gasteiger charge is -2.06. The fraction of sp³-hybridized carbons (Fsp3) is 0.133. The summed E-state index contributed by atoms with van der Waals surface area (Å²) in [6.45, 7) is 0.632. The van der Waals surface area contributed by atoms with Crippen LogP contribution in [0.1, 0.15) is 5.56 Å². The molecule has 0 amide bonds. The van der Waals surface area contributed by atoms with E-state index in [0.29, 0.717) is 12.2 Å². The van der Waals surface area contributed by atoms with E-state index >= 15 is 0 Å². The molecule has 114 valence electrons. The SMILES string of the molecule is COc1ccc(Cn2ccc3cc(S(=O)(=O)Cl)cnc32)cc1. The van der Waals surface area contributed by atoms with Crippen molar-refractivity contribution in [2.75, 3.05) is 7.11 Å². The second-order valence-electron chi connectivity index (χ2n) is 4.81. The Hall–Kier alpha value is -2.05. The number of pyridine rings is 1. The van der Waals surface area contributed by atoms with Gasteiger partial charge in [0, 0.05) is 35.0 Å². The number of methoxy groups -OCH3 is 1. The predicted octanol–water partition coefficient (Wildman–Crippen LogP) is 3.02. The van der Waals surface area contributed by atoms with Gasteiger partial charge in [-0.15, -0.1) is 0 Å². The second kappa shape index (κ2) is 5.62. The fourth-order valence-electron chi connectivity index (χ4n) is 2.25. The van der Waals surface area contributed by atoms with Crippen molar-refractivity contribution >= 4 is 30.8 Å². The molecular weight excluding hydrogens is 324 g/mol. The van der Waals surface area contributed by atoms with Crippen molar-refractivity contribution < 1.29 is 13.2 Å². The lowest BCUT2D eigenvalue weighted by molar-refractivity contribution is 0.414. The number of rotatable bonds is 4. The van der Waals surface area contributed by atoms with Crippen LogP contribution in [-0.2, 0) is 15.6 Å². The van der Waals surface area contributed by atoms with Crippen LogP contribution >= 0.6 is 10.7 Å². The third-order valence-electron chi connectivity index (χ3n) is 3.37. The van der Waals surface area contributed by atoms with Crippen molar-refractivity contribution in [2.45, 2.75) is 11.4 Å². The van der Waals surface area contributed by atoms with Gasteiger partial charge in [-0.1, -0.05) is 12.1 Å². The summed E-state index contributed by atoms with van der Waals surface area (Å²) in [6, 6.07) is 11.1. The normalized spacial score (nSPS) is 11.7. The van der Waals surface area contributed by atoms with E-state index in [4.69, 9.17) is 15.4 Å². The van der Waals surface area contributed by atoms with Crippen LogP contribution in [0, 0.1) is 0 Å². The summed E-state index contributed by atoms with van der Waals surface area (Å²) in [7, 11) is 3.20. The molecule has 3 rings (SSSR count). The third kappa shape index (κ3) is 2.93. The molecule has 0 saturated carbocycles. The van der Waals surface area contributed by atoms with E-state index in [1.54, 1.807) is 7.11 Å². The van der Waals surface area contributed by atoms with Gasteiger partial charge in [-0.25, -0.2) is 13.4 Å². The highest BCUT2D eigenvalue weighted by Gasteiger charge is 2.13. The Kier molecular flexibility index (Phi) is 3.80. The van der Waals surface area contributed by atoms with Crippen LogP contribution in [-0.4, -0.2) is 25.1 Å². The second-order valence-corrected chi connectivity index (χ2v) is 7.38. The number of fused-ring (bicyclic) bond motifs is 1. The van der Waals surface area contributed by atoms with E-state index in [1.807, 2.05) is 41.1 Å². The van der Waals surface area contributed by atoms with Gasteiger partial charge in [0.2, 0.25) is 0 Å². The first kappa shape index (κ1) is 14.9. The van der Waals surface area contributed by atoms with Gasteiger partial charge in [0.1, 0.15) is 16.3 Å². The van der Waals surface area contributed by atoms with Gasteiger partial charge in [-0.05, 0) is 29.8 Å². The summed E-state index contributed by atoms with van der Waals surface area (Å²) in [5.41, 5.74) is 1.80. The van der Waals surface area contributed by atoms with Gasteiger partial charge >= 0.3 is 0 Å². The molecule has 0 spiro atoms. The summed E-state index contributed by atoms with van der Waals surface area (Å²) in [5, 5.41) is 0.732. The first-order chi connectivity index (χ1) is 10.5. The summed E-state index contributed by atoms with van der Waals surface area (Å²) in [6.07, 6.45) is 3.14. The molecule has 0 N–H and O–H groups in total. The first-order valence-electron chi connectivity index (χ1n) is 6.50. The highest BCUT2D eigenvalue weighted by Crippen LogP contribution is 2.21. The topological polar surface area (TPSA) is 61.2 Å². The van der Waals surface area contributed by atoms with Crippen LogP contribution in [0.25, 0.3) is 11.0 Å². The zero-order chi connectivity index (χ0) is 15.7. The largest absolute Gasteiger partial charge is 0.497 e. The van der Waals surface area contributed by atoms with Crippen molar-refractivity contribution in [1.82, 2.24) is 9.55 Å². The van der Waals surface area contributed by atoms with Crippen LogP contribution in [0.2, 0.25) is 0 Å². The minimum absolute atomic E-state index is 0.00358. The average Bonchev–Trinajstić information content (AvgIpc) is 2.89. The maximum absolute atomic E-state index is 11.3. The predicted molar refractivity (Wildman–Crippen MR) is 84.9 cm³/mol. The maximum atomic E-state index is 11.3. The molecule has 0 bridgehead atoms. The van der Waals surface area contributed by atoms with E-state index in [2.05, 4.69) is 4.98 Å². The number of nitrogens with zero attached hydrogens (tertiary/aromatic N) is 2. The minimum Gasteiger partial charge on any atom is -0.497 e. The van der Waals surface area contributed by atoms with Crippen molar-refractivity contribution in [1.29, 1.82) is 0 Å². The highest BCUT2D eigenvalue weighted by atomic mass is 35.7. The molecule has 3 aromatic rings. The molecule has 7 heteroatoms. The Morgan fingerprint density at radius 3 is 2.59 bits per heavy atom. The maximum Gasteiger partial charge on any atom is 0.262 e. The van der Waals surface area contributed by atoms with Gasteiger partial charge in [0.05, 0.1) is 7.11 Å². The van der Waals surface area contributed by atoms with Gasteiger partial charge in [0.25, 0.3) is 9.05 Å². The molecule has 22 heavy (non-hydrogen) atoms. The zero-order valence-corrected chi connectivity index (χ0v) is 13.3. The summed E-state index contributed by atoms with van der Waals surface area (Å²) < 4.78 is 29.8. The molecule has 0 saturated heterocycles. The Morgan fingerprint density at radius 2 is 1.95 bits per heavy atom. The molecule has 2 aromatic heterocycles. The monoisotopic (exact) mass is 336 g/mol. The van der Waals surface area contributed by atoms with Crippen molar-refractivity contribution in [3.8, 4) is 5.75 Å². The Bertz CT molecular complexity index is 918. The Labute approximate surface area is 132 Å². The van der Waals surface area contributed by atoms with Gasteiger partial charge < -0.3 is 9.30 Å². The number of hydrogen-bond acceptors (Lipinski definition) is 4. The molecule has 0 aliphatic carbocycles. The van der Waals surface area contributed by atoms with Crippen LogP contribution in [0.5, 0.6) is 5.75 Å². The smallest absolute Gasteiger partial charge is 0.262 e. The summed E-state index contributed by atoms with van der Waals surface area (Å²) in [4.78, 5) is 4.22. The van der Waals surface area contributed by atoms with Crippen molar-refractivity contribution in [3.05, 3.63) is 54.4 Å². The van der Waals surface area contributed by atoms with E-state index in [1.165, 1.54) is 12.3 Å². The van der Waals surface area contributed by atoms with Gasteiger partial charge in [0.15, 0.2) is 0 Å². The molecular formula is C15H13ClN2O3S. The molecule has 0 atom stereocenters. The number of ether oxygens (including phenoxy) is 1. The molecule has 0 fully saturated rings. The molecule has 0 aliphatic rings. The zero-order valence-electron chi connectivity index (χ0n) is 11.7. The van der Waals surface area contributed by atoms with E-state index in [0.717, 1.165) is 16.7 Å². The minimum atomic E-state index is -3.77. The van der Waals surface area contributed by atoms with Crippen LogP contribution in [0.15, 0.2) is 53.7 Å². The molecule has 0 aliphatic heterocycles. The van der Waals surface area contributed by atoms with Crippen LogP contribution in [0.4, 0.5) is 0 Å². The summed E-state index contributed by atoms with van der Waals surface area (Å²) >= 11 is 0. The van der Waals surface area contributed by atoms with Crippen LogP contribution in [0.3, 0.4) is 0 Å². The standard InChI is InChI=1S/C15H13ClN2O3S/c1-21-13-4-2-11(3-5-13)10-18-7-6-12-8-14(22(16,19)20)9-17-15(12)18/h2-9H,10H2,1H3. The highest BCUT2D eigenvalue weighted by molar-refractivity contribution is 8.13. The number of benzene rings is 1. The Balaban J connectivity index is 1.94. The third-order valence-corrected chi connectivity index (χ3v) is 4.69. The molecule has 0 unspecified atom stereocenters. The molecule has 1 aromatic carbocycles. The van der Waals surface area contributed by atoms with Crippen molar-refractivity contribution in [3.63, 3.8) is 0 Å². The Morgan fingerprint density at radius 1 is 1.23 bits per heavy atom. The fourth-order valence-corrected chi connectivity index (χ4v) is 2.95. The average molecular weight is 337 g/mol.